The zero-order valence-corrected chi connectivity index (χ0v) is 23.1. The van der Waals surface area contributed by atoms with Crippen molar-refractivity contribution in [3.05, 3.63) is 119 Å². The molecular weight excluding hydrogens is 500 g/mol. The summed E-state index contributed by atoms with van der Waals surface area (Å²) in [6, 6.07) is 26.8. The van der Waals surface area contributed by atoms with E-state index in [4.69, 9.17) is 9.47 Å². The fourth-order valence-electron chi connectivity index (χ4n) is 5.27. The molecule has 2 heterocycles. The molecule has 0 radical (unpaired) electrons. The average Bonchev–Trinajstić information content (AvgIpc) is 3.01. The fourth-order valence-corrected chi connectivity index (χ4v) is 5.27. The number of aromatic nitrogens is 1. The maximum Gasteiger partial charge on any atom is 0.234 e. The van der Waals surface area contributed by atoms with Gasteiger partial charge < -0.3 is 20.1 Å². The molecule has 1 aliphatic rings. The van der Waals surface area contributed by atoms with Gasteiger partial charge in [-0.3, -0.25) is 14.7 Å². The van der Waals surface area contributed by atoms with Crippen LogP contribution in [0.1, 0.15) is 33.9 Å². The van der Waals surface area contributed by atoms with Crippen molar-refractivity contribution in [1.29, 1.82) is 0 Å². The predicted molar refractivity (Wildman–Crippen MR) is 158 cm³/mol. The Bertz CT molecular complexity index is 1410. The molecule has 0 saturated carbocycles. The van der Waals surface area contributed by atoms with Gasteiger partial charge in [-0.15, -0.1) is 0 Å². The number of rotatable bonds is 11. The summed E-state index contributed by atoms with van der Waals surface area (Å²) in [4.78, 5) is 19.4. The zero-order valence-electron chi connectivity index (χ0n) is 23.1. The Labute approximate surface area is 236 Å². The van der Waals surface area contributed by atoms with Gasteiger partial charge in [-0.2, -0.15) is 0 Å². The Hall–Kier alpha value is -4.36. The molecule has 1 atom stereocenters. The molecule has 4 aromatic rings. The molecule has 7 heteroatoms. The lowest BCUT2D eigenvalue weighted by Gasteiger charge is -2.37. The Kier molecular flexibility index (Phi) is 8.93. The monoisotopic (exact) mass is 536 g/mol. The van der Waals surface area contributed by atoms with Crippen molar-refractivity contribution < 1.29 is 14.3 Å². The van der Waals surface area contributed by atoms with Gasteiger partial charge in [0.2, 0.25) is 5.91 Å². The van der Waals surface area contributed by atoms with Gasteiger partial charge >= 0.3 is 0 Å². The number of hydrogen-bond acceptors (Lipinski definition) is 6. The Morgan fingerprint density at radius 3 is 2.42 bits per heavy atom. The van der Waals surface area contributed by atoms with Crippen molar-refractivity contribution in [1.82, 2.24) is 15.2 Å². The van der Waals surface area contributed by atoms with Gasteiger partial charge in [-0.25, -0.2) is 0 Å². The first-order valence-corrected chi connectivity index (χ1v) is 13.6. The van der Waals surface area contributed by atoms with Crippen molar-refractivity contribution in [3.63, 3.8) is 0 Å². The van der Waals surface area contributed by atoms with Gasteiger partial charge in [-0.05, 0) is 77.1 Å². The van der Waals surface area contributed by atoms with Crippen LogP contribution < -0.4 is 20.1 Å². The Morgan fingerprint density at radius 2 is 1.65 bits per heavy atom. The van der Waals surface area contributed by atoms with Crippen LogP contribution in [0.3, 0.4) is 0 Å². The van der Waals surface area contributed by atoms with Gasteiger partial charge in [0.1, 0.15) is 0 Å². The molecule has 206 valence electrons. The van der Waals surface area contributed by atoms with Gasteiger partial charge in [0, 0.05) is 43.8 Å². The highest BCUT2D eigenvalue weighted by atomic mass is 16.5. The molecule has 0 spiro atoms. The number of nitrogens with zero attached hydrogens (tertiary/aromatic N) is 2. The van der Waals surface area contributed by atoms with E-state index in [2.05, 4.69) is 44.8 Å². The van der Waals surface area contributed by atoms with Crippen LogP contribution in [-0.4, -0.2) is 43.1 Å². The van der Waals surface area contributed by atoms with E-state index in [9.17, 15) is 4.79 Å². The number of pyridine rings is 1. The smallest absolute Gasteiger partial charge is 0.234 e. The summed E-state index contributed by atoms with van der Waals surface area (Å²) in [6.07, 6.45) is 5.26. The van der Waals surface area contributed by atoms with Crippen molar-refractivity contribution in [2.24, 2.45) is 0 Å². The predicted octanol–water partition coefficient (Wildman–Crippen LogP) is 5.17. The molecule has 2 N–H and O–H groups in total. The number of amides is 1. The van der Waals surface area contributed by atoms with Gasteiger partial charge in [-0.1, -0.05) is 42.5 Å². The lowest BCUT2D eigenvalue weighted by Crippen LogP contribution is -2.43. The Balaban J connectivity index is 1.35. The van der Waals surface area contributed by atoms with Crippen molar-refractivity contribution in [3.8, 4) is 11.5 Å². The lowest BCUT2D eigenvalue weighted by atomic mass is 9.88. The van der Waals surface area contributed by atoms with E-state index in [1.807, 2.05) is 67.0 Å². The summed E-state index contributed by atoms with van der Waals surface area (Å²) in [5.41, 5.74) is 7.07. The molecule has 1 aromatic heterocycles. The van der Waals surface area contributed by atoms with E-state index >= 15 is 0 Å². The minimum atomic E-state index is 0.0280. The second kappa shape index (κ2) is 13.1. The summed E-state index contributed by atoms with van der Waals surface area (Å²) in [6.45, 7) is 2.41. The molecule has 0 bridgehead atoms. The average molecular weight is 537 g/mol. The third-order valence-corrected chi connectivity index (χ3v) is 7.41. The normalized spacial score (nSPS) is 14.7. The first-order valence-electron chi connectivity index (χ1n) is 13.6. The zero-order chi connectivity index (χ0) is 27.7. The second-order valence-corrected chi connectivity index (χ2v) is 10.0. The van der Waals surface area contributed by atoms with Crippen LogP contribution in [-0.2, 0) is 30.7 Å². The lowest BCUT2D eigenvalue weighted by molar-refractivity contribution is -0.123. The number of benzene rings is 3. The van der Waals surface area contributed by atoms with Crippen LogP contribution in [0.2, 0.25) is 0 Å². The third kappa shape index (κ3) is 6.79. The second-order valence-electron chi connectivity index (χ2n) is 10.0. The van der Waals surface area contributed by atoms with E-state index in [-0.39, 0.29) is 11.9 Å². The number of carbonyl (C=O) groups is 1. The van der Waals surface area contributed by atoms with Crippen LogP contribution in [0.4, 0.5) is 5.69 Å². The standard InChI is InChI=1S/C33H36N4O3/c1-39-31-11-8-26(19-32(31)40-2)18-30-29-10-9-28(35-21-25-12-15-34-16-13-25)20-27(29)14-17-37(30)23-33(38)36-22-24-6-4-3-5-7-24/h3-13,15-16,19-20,30,35H,14,17-18,21-23H2,1-2H3,(H,36,38). The van der Waals surface area contributed by atoms with E-state index in [0.29, 0.717) is 24.6 Å². The highest BCUT2D eigenvalue weighted by Gasteiger charge is 2.29. The van der Waals surface area contributed by atoms with Crippen LogP contribution in [0.5, 0.6) is 11.5 Å². The summed E-state index contributed by atoms with van der Waals surface area (Å²) in [5.74, 6) is 1.44. The molecular formula is C33H36N4O3. The summed E-state index contributed by atoms with van der Waals surface area (Å²) in [5, 5.41) is 6.64. The number of hydrogen-bond donors (Lipinski definition) is 2. The molecule has 5 rings (SSSR count). The molecule has 1 aliphatic heterocycles. The quantitative estimate of drug-likeness (QED) is 0.276. The molecule has 1 unspecified atom stereocenters. The van der Waals surface area contributed by atoms with Crippen molar-refractivity contribution in [2.75, 3.05) is 32.6 Å². The third-order valence-electron chi connectivity index (χ3n) is 7.41. The largest absolute Gasteiger partial charge is 0.493 e. The van der Waals surface area contributed by atoms with E-state index in [0.717, 1.165) is 42.7 Å². The fraction of sp³-hybridized carbons (Fsp3) is 0.273. The summed E-state index contributed by atoms with van der Waals surface area (Å²) < 4.78 is 11.0. The number of anilines is 1. The molecule has 0 aliphatic carbocycles. The first kappa shape index (κ1) is 27.2. The maximum absolute atomic E-state index is 13.0. The van der Waals surface area contributed by atoms with Gasteiger partial charge in [0.15, 0.2) is 11.5 Å². The Morgan fingerprint density at radius 1 is 0.875 bits per heavy atom. The molecule has 7 nitrogen and oxygen atoms in total. The highest BCUT2D eigenvalue weighted by molar-refractivity contribution is 5.78. The minimum absolute atomic E-state index is 0.0280. The van der Waals surface area contributed by atoms with E-state index < -0.39 is 0 Å². The molecule has 3 aromatic carbocycles. The number of nitrogens with one attached hydrogen (secondary N) is 2. The van der Waals surface area contributed by atoms with Crippen molar-refractivity contribution in [2.45, 2.75) is 32.0 Å². The van der Waals surface area contributed by atoms with E-state index in [1.165, 1.54) is 16.7 Å². The maximum atomic E-state index is 13.0. The van der Waals surface area contributed by atoms with Crippen LogP contribution in [0, 0.1) is 0 Å². The number of ether oxygens (including phenoxy) is 2. The van der Waals surface area contributed by atoms with E-state index in [1.54, 1.807) is 14.2 Å². The van der Waals surface area contributed by atoms with Crippen LogP contribution in [0.25, 0.3) is 0 Å². The SMILES string of the molecule is COc1ccc(CC2c3ccc(NCc4ccncc4)cc3CCN2CC(=O)NCc2ccccc2)cc1OC. The molecule has 0 fully saturated rings. The topological polar surface area (TPSA) is 75.7 Å². The van der Waals surface area contributed by atoms with Crippen LogP contribution in [0.15, 0.2) is 91.3 Å². The van der Waals surface area contributed by atoms with Crippen LogP contribution >= 0.6 is 0 Å². The number of fused-ring (bicyclic) bond motifs is 1. The van der Waals surface area contributed by atoms with Crippen molar-refractivity contribution >= 4 is 11.6 Å². The van der Waals surface area contributed by atoms with Gasteiger partial charge in [0.25, 0.3) is 0 Å². The molecule has 0 saturated heterocycles. The number of methoxy groups -OCH3 is 2. The van der Waals surface area contributed by atoms with Gasteiger partial charge in [0.05, 0.1) is 20.8 Å². The highest BCUT2D eigenvalue weighted by Crippen LogP contribution is 2.36. The number of carbonyl (C=O) groups excluding carboxylic acids is 1. The summed E-state index contributed by atoms with van der Waals surface area (Å²) in [7, 11) is 3.30. The molecule has 1 amide bonds. The molecule has 40 heavy (non-hydrogen) atoms. The minimum Gasteiger partial charge on any atom is -0.493 e. The first-order chi connectivity index (χ1) is 19.6. The summed E-state index contributed by atoms with van der Waals surface area (Å²) >= 11 is 0.